The molecule has 0 aliphatic rings. The molecule has 0 saturated heterocycles. The van der Waals surface area contributed by atoms with Gasteiger partial charge in [0.15, 0.2) is 0 Å². The molecule has 3 N–H and O–H groups in total. The standard InChI is InChI=1S/C13H13ClN4OS/c1-7-3-9(11(19-2)4-8(7)14)18-12-6-16-10(5-17-12)13(15)20/h3-6H,1-2H3,(H2,15,20)(H,17,18). The minimum Gasteiger partial charge on any atom is -0.495 e. The summed E-state index contributed by atoms with van der Waals surface area (Å²) in [7, 11) is 1.58. The van der Waals surface area contributed by atoms with Gasteiger partial charge in [-0.15, -0.1) is 0 Å². The monoisotopic (exact) mass is 308 g/mol. The first kappa shape index (κ1) is 14.5. The van der Waals surface area contributed by atoms with Crippen LogP contribution in [-0.2, 0) is 0 Å². The quantitative estimate of drug-likeness (QED) is 0.846. The molecule has 0 fully saturated rings. The van der Waals surface area contributed by atoms with Crippen LogP contribution in [0.3, 0.4) is 0 Å². The van der Waals surface area contributed by atoms with E-state index in [4.69, 9.17) is 34.3 Å². The zero-order valence-corrected chi connectivity index (χ0v) is 12.5. The maximum Gasteiger partial charge on any atom is 0.149 e. The number of nitrogens with two attached hydrogens (primary N) is 1. The first-order chi connectivity index (χ1) is 9.51. The first-order valence-corrected chi connectivity index (χ1v) is 6.53. The molecule has 7 heteroatoms. The molecular formula is C13H13ClN4OS. The van der Waals surface area contributed by atoms with Gasteiger partial charge in [-0.1, -0.05) is 23.8 Å². The van der Waals surface area contributed by atoms with E-state index < -0.39 is 0 Å². The van der Waals surface area contributed by atoms with Crippen molar-refractivity contribution < 1.29 is 4.74 Å². The van der Waals surface area contributed by atoms with Crippen LogP contribution < -0.4 is 15.8 Å². The first-order valence-electron chi connectivity index (χ1n) is 5.74. The number of thiocarbonyl (C=S) groups is 1. The van der Waals surface area contributed by atoms with Crippen LogP contribution in [0.1, 0.15) is 11.3 Å². The maximum absolute atomic E-state index is 6.06. The Balaban J connectivity index is 2.29. The highest BCUT2D eigenvalue weighted by molar-refractivity contribution is 7.80. The lowest BCUT2D eigenvalue weighted by atomic mass is 10.2. The van der Waals surface area contributed by atoms with Crippen LogP contribution in [0.25, 0.3) is 0 Å². The van der Waals surface area contributed by atoms with Gasteiger partial charge in [-0.3, -0.25) is 0 Å². The molecule has 5 nitrogen and oxygen atoms in total. The van der Waals surface area contributed by atoms with Crippen LogP contribution in [0, 0.1) is 6.92 Å². The highest BCUT2D eigenvalue weighted by atomic mass is 35.5. The fourth-order valence-electron chi connectivity index (χ4n) is 1.59. The lowest BCUT2D eigenvalue weighted by molar-refractivity contribution is 0.416. The number of nitrogens with one attached hydrogen (secondary N) is 1. The van der Waals surface area contributed by atoms with Gasteiger partial charge in [0.05, 0.1) is 25.2 Å². The largest absolute Gasteiger partial charge is 0.495 e. The van der Waals surface area contributed by atoms with E-state index in [0.717, 1.165) is 11.3 Å². The van der Waals surface area contributed by atoms with Crippen molar-refractivity contribution in [3.63, 3.8) is 0 Å². The molecular weight excluding hydrogens is 296 g/mol. The Labute approximate surface area is 127 Å². The van der Waals surface area contributed by atoms with E-state index >= 15 is 0 Å². The Morgan fingerprint density at radius 2 is 2.10 bits per heavy atom. The molecule has 1 aromatic carbocycles. The predicted octanol–water partition coefficient (Wildman–Crippen LogP) is 2.82. The molecule has 0 radical (unpaired) electrons. The highest BCUT2D eigenvalue weighted by Gasteiger charge is 2.08. The third kappa shape index (κ3) is 3.15. The summed E-state index contributed by atoms with van der Waals surface area (Å²) in [6.45, 7) is 1.91. The molecule has 0 atom stereocenters. The summed E-state index contributed by atoms with van der Waals surface area (Å²) < 4.78 is 5.28. The number of rotatable bonds is 4. The van der Waals surface area contributed by atoms with Gasteiger partial charge in [0, 0.05) is 11.1 Å². The highest BCUT2D eigenvalue weighted by Crippen LogP contribution is 2.32. The zero-order valence-electron chi connectivity index (χ0n) is 11.0. The summed E-state index contributed by atoms with van der Waals surface area (Å²) in [5.74, 6) is 1.19. The van der Waals surface area contributed by atoms with E-state index in [-0.39, 0.29) is 4.99 Å². The SMILES string of the molecule is COc1cc(Cl)c(C)cc1Nc1cnc(C(N)=S)cn1. The van der Waals surface area contributed by atoms with Crippen molar-refractivity contribution in [3.8, 4) is 5.75 Å². The van der Waals surface area contributed by atoms with Gasteiger partial charge in [-0.05, 0) is 18.6 Å². The number of benzene rings is 1. The number of nitrogens with zero attached hydrogens (tertiary/aromatic N) is 2. The van der Waals surface area contributed by atoms with Crippen molar-refractivity contribution >= 4 is 40.3 Å². The third-order valence-electron chi connectivity index (χ3n) is 2.65. The molecule has 20 heavy (non-hydrogen) atoms. The van der Waals surface area contributed by atoms with E-state index in [0.29, 0.717) is 22.3 Å². The molecule has 0 amide bonds. The van der Waals surface area contributed by atoms with E-state index in [1.807, 2.05) is 13.0 Å². The normalized spacial score (nSPS) is 10.2. The van der Waals surface area contributed by atoms with E-state index in [9.17, 15) is 0 Å². The molecule has 104 valence electrons. The maximum atomic E-state index is 6.06. The molecule has 0 saturated carbocycles. The van der Waals surface area contributed by atoms with Gasteiger partial charge in [0.1, 0.15) is 22.2 Å². The lowest BCUT2D eigenvalue weighted by Crippen LogP contribution is -2.12. The summed E-state index contributed by atoms with van der Waals surface area (Å²) in [5.41, 5.74) is 7.64. The third-order valence-corrected chi connectivity index (χ3v) is 3.26. The molecule has 0 unspecified atom stereocenters. The minimum absolute atomic E-state index is 0.212. The number of aromatic nitrogens is 2. The number of hydrogen-bond acceptors (Lipinski definition) is 5. The van der Waals surface area contributed by atoms with Crippen molar-refractivity contribution in [1.82, 2.24) is 9.97 Å². The smallest absolute Gasteiger partial charge is 0.149 e. The second-order valence-electron chi connectivity index (χ2n) is 4.08. The van der Waals surface area contributed by atoms with Crippen LogP contribution >= 0.6 is 23.8 Å². The summed E-state index contributed by atoms with van der Waals surface area (Å²) >= 11 is 10.9. The molecule has 0 aliphatic heterocycles. The van der Waals surface area contributed by atoms with Gasteiger partial charge in [-0.2, -0.15) is 0 Å². The Morgan fingerprint density at radius 1 is 1.35 bits per heavy atom. The molecule has 2 aromatic rings. The predicted molar refractivity (Wildman–Crippen MR) is 83.9 cm³/mol. The second kappa shape index (κ2) is 6.02. The van der Waals surface area contributed by atoms with Crippen molar-refractivity contribution in [2.45, 2.75) is 6.92 Å². The fraction of sp³-hybridized carbons (Fsp3) is 0.154. The molecule has 1 heterocycles. The molecule has 0 aliphatic carbocycles. The lowest BCUT2D eigenvalue weighted by Gasteiger charge is -2.12. The molecule has 0 bridgehead atoms. The van der Waals surface area contributed by atoms with Crippen molar-refractivity contribution in [3.05, 3.63) is 40.8 Å². The van der Waals surface area contributed by atoms with Crippen LogP contribution in [0.5, 0.6) is 5.75 Å². The van der Waals surface area contributed by atoms with Crippen LogP contribution in [0.4, 0.5) is 11.5 Å². The number of hydrogen-bond donors (Lipinski definition) is 2. The van der Waals surface area contributed by atoms with E-state index in [1.54, 1.807) is 19.4 Å². The average Bonchev–Trinajstić information content (AvgIpc) is 2.43. The number of methoxy groups -OCH3 is 1. The van der Waals surface area contributed by atoms with Crippen LogP contribution in [0.15, 0.2) is 24.5 Å². The van der Waals surface area contributed by atoms with Crippen molar-refractivity contribution in [1.29, 1.82) is 0 Å². The Morgan fingerprint density at radius 3 is 2.65 bits per heavy atom. The van der Waals surface area contributed by atoms with Gasteiger partial charge in [0.25, 0.3) is 0 Å². The fourth-order valence-corrected chi connectivity index (χ4v) is 1.85. The van der Waals surface area contributed by atoms with E-state index in [2.05, 4.69) is 15.3 Å². The summed E-state index contributed by atoms with van der Waals surface area (Å²) in [6, 6.07) is 3.63. The zero-order chi connectivity index (χ0) is 14.7. The number of halogens is 1. The summed E-state index contributed by atoms with van der Waals surface area (Å²) in [4.78, 5) is 8.52. The Kier molecular flexibility index (Phi) is 4.36. The van der Waals surface area contributed by atoms with Crippen LogP contribution in [-0.4, -0.2) is 22.1 Å². The van der Waals surface area contributed by atoms with Gasteiger partial charge >= 0.3 is 0 Å². The number of ether oxygens (including phenoxy) is 1. The molecule has 0 spiro atoms. The molecule has 1 aromatic heterocycles. The Bertz CT molecular complexity index is 646. The van der Waals surface area contributed by atoms with Crippen LogP contribution in [0.2, 0.25) is 5.02 Å². The topological polar surface area (TPSA) is 73.1 Å². The van der Waals surface area contributed by atoms with Gasteiger partial charge in [-0.25, -0.2) is 9.97 Å². The summed E-state index contributed by atoms with van der Waals surface area (Å²) in [5, 5.41) is 3.76. The Hall–Kier alpha value is -1.92. The van der Waals surface area contributed by atoms with E-state index in [1.165, 1.54) is 6.20 Å². The van der Waals surface area contributed by atoms with Crippen molar-refractivity contribution in [2.24, 2.45) is 5.73 Å². The van der Waals surface area contributed by atoms with Gasteiger partial charge in [0.2, 0.25) is 0 Å². The molecule has 2 rings (SSSR count). The number of aryl methyl sites for hydroxylation is 1. The second-order valence-corrected chi connectivity index (χ2v) is 4.92. The average molecular weight is 309 g/mol. The van der Waals surface area contributed by atoms with Gasteiger partial charge < -0.3 is 15.8 Å². The van der Waals surface area contributed by atoms with Crippen molar-refractivity contribution in [2.75, 3.05) is 12.4 Å². The summed E-state index contributed by atoms with van der Waals surface area (Å²) in [6.07, 6.45) is 3.07. The minimum atomic E-state index is 0.212. The number of anilines is 2.